The van der Waals surface area contributed by atoms with Crippen LogP contribution in [0.5, 0.6) is 0 Å². The topological polar surface area (TPSA) is 120 Å². The van der Waals surface area contributed by atoms with Gasteiger partial charge in [-0.2, -0.15) is 0 Å². The van der Waals surface area contributed by atoms with Gasteiger partial charge in [-0.3, -0.25) is 0 Å². The number of aliphatic hydroxyl groups is 5. The summed E-state index contributed by atoms with van der Waals surface area (Å²) in [5, 5.41) is 47.9. The highest BCUT2D eigenvalue weighted by molar-refractivity contribution is 4.95. The standard InChI is InChI=1S/C16H30O7/c1-10(5-4-7-16(2,3)21)6-8-22-15-14(20)13(19)12(18)11(9-17)23-15/h4,7,10-15,17-21H,5-6,8-9H2,1-3H3. The van der Waals surface area contributed by atoms with E-state index in [0.717, 1.165) is 6.42 Å². The summed E-state index contributed by atoms with van der Waals surface area (Å²) in [4.78, 5) is 0. The maximum absolute atomic E-state index is 9.84. The summed E-state index contributed by atoms with van der Waals surface area (Å²) in [6.07, 6.45) is -1.06. The van der Waals surface area contributed by atoms with Gasteiger partial charge in [-0.25, -0.2) is 0 Å². The first-order chi connectivity index (χ1) is 10.7. The van der Waals surface area contributed by atoms with Gasteiger partial charge >= 0.3 is 0 Å². The fourth-order valence-electron chi connectivity index (χ4n) is 2.30. The number of hydrogen-bond acceptors (Lipinski definition) is 7. The minimum atomic E-state index is -1.42. The van der Waals surface area contributed by atoms with Gasteiger partial charge in [0.25, 0.3) is 0 Å². The SMILES string of the molecule is CC(CC=CC(C)(C)O)CCOC1OC(CO)C(O)C(O)C1O. The summed E-state index contributed by atoms with van der Waals surface area (Å²) in [6.45, 7) is 5.28. The van der Waals surface area contributed by atoms with Crippen molar-refractivity contribution in [2.24, 2.45) is 5.92 Å². The second-order valence-corrected chi connectivity index (χ2v) is 6.75. The second kappa shape index (κ2) is 9.08. The fraction of sp³-hybridized carbons (Fsp3) is 0.875. The average Bonchev–Trinajstić information content (AvgIpc) is 2.46. The molecule has 0 amide bonds. The molecule has 1 saturated heterocycles. The second-order valence-electron chi connectivity index (χ2n) is 6.75. The monoisotopic (exact) mass is 334 g/mol. The van der Waals surface area contributed by atoms with E-state index in [1.165, 1.54) is 0 Å². The summed E-state index contributed by atoms with van der Waals surface area (Å²) < 4.78 is 10.7. The first kappa shape index (κ1) is 20.5. The van der Waals surface area contributed by atoms with Crippen LogP contribution in [0.25, 0.3) is 0 Å². The van der Waals surface area contributed by atoms with E-state index in [4.69, 9.17) is 14.6 Å². The Labute approximate surface area is 137 Å². The Hall–Kier alpha value is -0.540. The van der Waals surface area contributed by atoms with Crippen LogP contribution in [0, 0.1) is 5.92 Å². The minimum Gasteiger partial charge on any atom is -0.394 e. The summed E-state index contributed by atoms with van der Waals surface area (Å²) in [7, 11) is 0. The third-order valence-electron chi connectivity index (χ3n) is 3.81. The van der Waals surface area contributed by atoms with Crippen molar-refractivity contribution in [3.05, 3.63) is 12.2 Å². The summed E-state index contributed by atoms with van der Waals surface area (Å²) in [6, 6.07) is 0. The summed E-state index contributed by atoms with van der Waals surface area (Å²) in [5.74, 6) is 0.304. The zero-order valence-electron chi connectivity index (χ0n) is 14.0. The highest BCUT2D eigenvalue weighted by Gasteiger charge is 2.43. The Balaban J connectivity index is 2.35. The average molecular weight is 334 g/mol. The molecule has 23 heavy (non-hydrogen) atoms. The highest BCUT2D eigenvalue weighted by atomic mass is 16.7. The number of hydrogen-bond donors (Lipinski definition) is 5. The molecule has 1 aliphatic rings. The Bertz CT molecular complexity index is 364. The number of rotatable bonds is 8. The quantitative estimate of drug-likeness (QED) is 0.381. The highest BCUT2D eigenvalue weighted by Crippen LogP contribution is 2.22. The molecule has 1 fully saturated rings. The maximum Gasteiger partial charge on any atom is 0.186 e. The molecule has 0 spiro atoms. The predicted molar refractivity (Wildman–Crippen MR) is 83.6 cm³/mol. The van der Waals surface area contributed by atoms with Gasteiger partial charge in [-0.05, 0) is 32.6 Å². The van der Waals surface area contributed by atoms with Crippen molar-refractivity contribution in [1.29, 1.82) is 0 Å². The molecule has 136 valence electrons. The van der Waals surface area contributed by atoms with Crippen LogP contribution in [0.15, 0.2) is 12.2 Å². The molecule has 0 aromatic heterocycles. The lowest BCUT2D eigenvalue weighted by Gasteiger charge is -2.39. The van der Waals surface area contributed by atoms with Gasteiger partial charge in [-0.15, -0.1) is 0 Å². The molecule has 7 nitrogen and oxygen atoms in total. The largest absolute Gasteiger partial charge is 0.394 e. The van der Waals surface area contributed by atoms with Crippen LogP contribution in [0.2, 0.25) is 0 Å². The van der Waals surface area contributed by atoms with Gasteiger partial charge < -0.3 is 35.0 Å². The van der Waals surface area contributed by atoms with Gasteiger partial charge in [0.05, 0.1) is 18.8 Å². The zero-order valence-corrected chi connectivity index (χ0v) is 14.0. The van der Waals surface area contributed by atoms with Crippen molar-refractivity contribution in [3.63, 3.8) is 0 Å². The molecule has 7 heteroatoms. The van der Waals surface area contributed by atoms with Gasteiger partial charge in [0, 0.05) is 0 Å². The molecule has 0 radical (unpaired) electrons. The van der Waals surface area contributed by atoms with Crippen molar-refractivity contribution in [3.8, 4) is 0 Å². The van der Waals surface area contributed by atoms with Gasteiger partial charge in [0.2, 0.25) is 0 Å². The molecule has 1 heterocycles. The van der Waals surface area contributed by atoms with Gasteiger partial charge in [0.1, 0.15) is 24.4 Å². The Morgan fingerprint density at radius 1 is 1.17 bits per heavy atom. The van der Waals surface area contributed by atoms with Crippen molar-refractivity contribution >= 4 is 0 Å². The van der Waals surface area contributed by atoms with E-state index in [1.54, 1.807) is 19.9 Å². The Kier molecular flexibility index (Phi) is 8.09. The number of ether oxygens (including phenoxy) is 2. The Morgan fingerprint density at radius 3 is 2.39 bits per heavy atom. The molecule has 6 atom stereocenters. The molecule has 5 N–H and O–H groups in total. The zero-order chi connectivity index (χ0) is 17.6. The first-order valence-electron chi connectivity index (χ1n) is 7.98. The normalized spacial score (nSPS) is 34.0. The summed E-state index contributed by atoms with van der Waals surface area (Å²) in [5.41, 5.74) is -0.827. The van der Waals surface area contributed by atoms with Crippen LogP contribution in [-0.2, 0) is 9.47 Å². The van der Waals surface area contributed by atoms with Crippen molar-refractivity contribution in [1.82, 2.24) is 0 Å². The van der Waals surface area contributed by atoms with E-state index in [1.807, 2.05) is 13.0 Å². The molecule has 0 aliphatic carbocycles. The molecule has 1 aliphatic heterocycles. The molecule has 1 rings (SSSR count). The van der Waals surface area contributed by atoms with Crippen molar-refractivity contribution < 1.29 is 35.0 Å². The van der Waals surface area contributed by atoms with Crippen molar-refractivity contribution in [2.45, 2.75) is 69.9 Å². The maximum atomic E-state index is 9.84. The smallest absolute Gasteiger partial charge is 0.186 e. The van der Waals surface area contributed by atoms with Crippen molar-refractivity contribution in [2.75, 3.05) is 13.2 Å². The number of aliphatic hydroxyl groups excluding tert-OH is 4. The third-order valence-corrected chi connectivity index (χ3v) is 3.81. The molecule has 0 aromatic carbocycles. The summed E-state index contributed by atoms with van der Waals surface area (Å²) >= 11 is 0. The molecule has 0 aromatic rings. The molecule has 6 unspecified atom stereocenters. The van der Waals surface area contributed by atoms with Crippen LogP contribution in [0.4, 0.5) is 0 Å². The third kappa shape index (κ3) is 6.84. The van der Waals surface area contributed by atoms with Crippen LogP contribution < -0.4 is 0 Å². The van der Waals surface area contributed by atoms with Crippen LogP contribution in [0.1, 0.15) is 33.6 Å². The lowest BCUT2D eigenvalue weighted by atomic mass is 9.99. The van der Waals surface area contributed by atoms with Gasteiger partial charge in [-0.1, -0.05) is 19.1 Å². The van der Waals surface area contributed by atoms with E-state index in [0.29, 0.717) is 18.9 Å². The fourth-order valence-corrected chi connectivity index (χ4v) is 2.30. The molecule has 0 saturated carbocycles. The Morgan fingerprint density at radius 2 is 1.83 bits per heavy atom. The predicted octanol–water partition coefficient (Wildman–Crippen LogP) is -0.454. The number of allylic oxidation sites excluding steroid dienone is 1. The van der Waals surface area contributed by atoms with E-state index in [9.17, 15) is 20.4 Å². The van der Waals surface area contributed by atoms with Crippen LogP contribution in [0.3, 0.4) is 0 Å². The van der Waals surface area contributed by atoms with Gasteiger partial charge in [0.15, 0.2) is 6.29 Å². The molecular weight excluding hydrogens is 304 g/mol. The van der Waals surface area contributed by atoms with E-state index in [-0.39, 0.29) is 0 Å². The lowest BCUT2D eigenvalue weighted by Crippen LogP contribution is -2.59. The minimum absolute atomic E-state index is 0.304. The van der Waals surface area contributed by atoms with Crippen LogP contribution >= 0.6 is 0 Å². The van der Waals surface area contributed by atoms with E-state index < -0.39 is 42.9 Å². The first-order valence-corrected chi connectivity index (χ1v) is 7.98. The van der Waals surface area contributed by atoms with E-state index >= 15 is 0 Å². The van der Waals surface area contributed by atoms with Crippen LogP contribution in [-0.4, -0.2) is 75.1 Å². The van der Waals surface area contributed by atoms with E-state index in [2.05, 4.69) is 0 Å². The molecule has 0 bridgehead atoms. The molecular formula is C16H30O7. The lowest BCUT2D eigenvalue weighted by molar-refractivity contribution is -0.301.